The Morgan fingerprint density at radius 1 is 1.14 bits per heavy atom. The Balaban J connectivity index is 1.40. The number of fused-ring (bicyclic) bond motifs is 1. The molecule has 2 N–H and O–H groups in total. The lowest BCUT2D eigenvalue weighted by molar-refractivity contribution is -0.120. The largest absolute Gasteiger partial charge is 0.489 e. The third kappa shape index (κ3) is 8.34. The number of anilines is 1. The molecule has 3 aromatic rings. The maximum atomic E-state index is 14.0. The molecule has 10 nitrogen and oxygen atoms in total. The van der Waals surface area contributed by atoms with Crippen LogP contribution in [0, 0.1) is 28.9 Å². The summed E-state index contributed by atoms with van der Waals surface area (Å²) in [6, 6.07) is 6.77. The molecule has 2 heterocycles. The van der Waals surface area contributed by atoms with Gasteiger partial charge in [-0.05, 0) is 70.0 Å². The molecule has 0 aliphatic carbocycles. The van der Waals surface area contributed by atoms with E-state index in [1.165, 1.54) is 23.4 Å². The molecule has 0 spiro atoms. The first-order valence-electron chi connectivity index (χ1n) is 13.9. The Morgan fingerprint density at radius 2 is 1.89 bits per heavy atom. The number of rotatable bonds is 5. The third-order valence-electron chi connectivity index (χ3n) is 6.52. The number of hydrogen-bond donors (Lipinski definition) is 2. The van der Waals surface area contributed by atoms with E-state index in [0.717, 1.165) is 16.8 Å². The van der Waals surface area contributed by atoms with Crippen molar-refractivity contribution in [3.63, 3.8) is 0 Å². The van der Waals surface area contributed by atoms with E-state index < -0.39 is 46.7 Å². The van der Waals surface area contributed by atoms with E-state index >= 15 is 0 Å². The second-order valence-corrected chi connectivity index (χ2v) is 12.1. The quantitative estimate of drug-likeness (QED) is 0.409. The van der Waals surface area contributed by atoms with Gasteiger partial charge in [0.15, 0.2) is 0 Å². The second-order valence-electron chi connectivity index (χ2n) is 12.1. The maximum Gasteiger partial charge on any atom is 0.407 e. The minimum Gasteiger partial charge on any atom is -0.489 e. The number of alkyl carbamates (subject to hydrolysis) is 1. The smallest absolute Gasteiger partial charge is 0.407 e. The van der Waals surface area contributed by atoms with Crippen molar-refractivity contribution >= 4 is 23.7 Å². The van der Waals surface area contributed by atoms with Gasteiger partial charge in [0.1, 0.15) is 35.6 Å². The lowest BCUT2D eigenvalue weighted by Gasteiger charge is -2.23. The number of nitrogens with zero attached hydrogens (tertiary/aromatic N) is 3. The summed E-state index contributed by atoms with van der Waals surface area (Å²) < 4.78 is 39.4. The van der Waals surface area contributed by atoms with E-state index in [-0.39, 0.29) is 25.1 Å². The minimum absolute atomic E-state index is 0.103. The van der Waals surface area contributed by atoms with Crippen molar-refractivity contribution in [2.24, 2.45) is 5.41 Å². The van der Waals surface area contributed by atoms with Crippen molar-refractivity contribution in [1.29, 1.82) is 0 Å². The summed E-state index contributed by atoms with van der Waals surface area (Å²) >= 11 is 0. The molecule has 0 saturated carbocycles. The highest BCUT2D eigenvalue weighted by Crippen LogP contribution is 2.31. The molecule has 1 aliphatic rings. The van der Waals surface area contributed by atoms with Gasteiger partial charge in [-0.1, -0.05) is 17.9 Å². The van der Waals surface area contributed by atoms with Crippen LogP contribution in [0.4, 0.5) is 24.1 Å². The van der Waals surface area contributed by atoms with Gasteiger partial charge in [-0.15, -0.1) is 0 Å². The lowest BCUT2D eigenvalue weighted by Crippen LogP contribution is -2.50. The van der Waals surface area contributed by atoms with E-state index in [9.17, 15) is 23.2 Å². The predicted octanol–water partition coefficient (Wildman–Crippen LogP) is 4.64. The molecule has 0 bridgehead atoms. The number of nitrogens with one attached hydrogen (secondary N) is 2. The van der Waals surface area contributed by atoms with Gasteiger partial charge in [0, 0.05) is 43.3 Å². The molecule has 1 atom stereocenters. The summed E-state index contributed by atoms with van der Waals surface area (Å²) in [4.78, 5) is 39.6. The van der Waals surface area contributed by atoms with Crippen molar-refractivity contribution in [3.05, 3.63) is 77.1 Å². The van der Waals surface area contributed by atoms with Gasteiger partial charge in [-0.2, -0.15) is 9.78 Å². The van der Waals surface area contributed by atoms with Crippen LogP contribution in [0.5, 0.6) is 5.75 Å². The van der Waals surface area contributed by atoms with Crippen LogP contribution in [0.25, 0.3) is 0 Å². The van der Waals surface area contributed by atoms with Crippen molar-refractivity contribution in [2.45, 2.75) is 52.7 Å². The third-order valence-corrected chi connectivity index (χ3v) is 6.52. The monoisotopic (exact) mass is 607 g/mol. The van der Waals surface area contributed by atoms with E-state index in [2.05, 4.69) is 27.6 Å². The maximum absolute atomic E-state index is 14.0. The normalized spacial score (nSPS) is 14.9. The highest BCUT2D eigenvalue weighted by atomic mass is 19.1. The van der Waals surface area contributed by atoms with Gasteiger partial charge in [0.25, 0.3) is 5.91 Å². The number of amides is 3. The molecule has 0 radical (unpaired) electrons. The number of benzene rings is 2. The summed E-state index contributed by atoms with van der Waals surface area (Å²) in [6.07, 6.45) is 2.39. The first-order valence-corrected chi connectivity index (χ1v) is 13.9. The molecule has 12 heteroatoms. The fourth-order valence-electron chi connectivity index (χ4n) is 4.24. The average molecular weight is 608 g/mol. The fourth-order valence-corrected chi connectivity index (χ4v) is 4.24. The Bertz CT molecular complexity index is 1630. The topological polar surface area (TPSA) is 115 Å². The van der Waals surface area contributed by atoms with Gasteiger partial charge in [-0.3, -0.25) is 4.79 Å². The standard InChI is InChI=1S/C32H35F2N5O5/c1-31(2,3)44-30(42)35-19-32(4,5)12-11-20-7-10-27-26(14-20)38(6)28(40)25(18-43-27)37-29(41)39-17-21(16-36-39)13-22-8-9-23(33)15-24(22)34/h7-10,14-17,25H,13,18-19H2,1-6H3,(H,35,42)(H,37,41)/t25-/m1/s1. The van der Waals surface area contributed by atoms with Gasteiger partial charge < -0.3 is 25.0 Å². The summed E-state index contributed by atoms with van der Waals surface area (Å²) in [5, 5.41) is 9.38. The lowest BCUT2D eigenvalue weighted by atomic mass is 9.94. The molecule has 3 amide bonds. The number of halogens is 2. The fraction of sp³-hybridized carbons (Fsp3) is 0.375. The second kappa shape index (κ2) is 12.8. The highest BCUT2D eigenvalue weighted by Gasteiger charge is 2.31. The van der Waals surface area contributed by atoms with Crippen LogP contribution in [0.1, 0.15) is 51.3 Å². The molecular formula is C32H35F2N5O5. The molecule has 2 aromatic carbocycles. The summed E-state index contributed by atoms with van der Waals surface area (Å²) in [5.74, 6) is 4.90. The Hall–Kier alpha value is -4.92. The van der Waals surface area contributed by atoms with Crippen LogP contribution in [0.15, 0.2) is 48.8 Å². The number of hydrogen-bond acceptors (Lipinski definition) is 6. The van der Waals surface area contributed by atoms with Crippen LogP contribution in [0.2, 0.25) is 0 Å². The molecule has 1 aromatic heterocycles. The molecule has 0 fully saturated rings. The Labute approximate surface area is 254 Å². The van der Waals surface area contributed by atoms with Crippen LogP contribution < -0.4 is 20.3 Å². The molecule has 232 valence electrons. The Kier molecular flexibility index (Phi) is 9.27. The van der Waals surface area contributed by atoms with Gasteiger partial charge >= 0.3 is 12.1 Å². The number of carbonyl (C=O) groups excluding carboxylic acids is 3. The first kappa shape index (κ1) is 32.0. The van der Waals surface area contributed by atoms with Gasteiger partial charge in [-0.25, -0.2) is 18.4 Å². The first-order chi connectivity index (χ1) is 20.6. The number of carbonyl (C=O) groups is 3. The summed E-state index contributed by atoms with van der Waals surface area (Å²) in [5.41, 5.74) is 0.703. The van der Waals surface area contributed by atoms with E-state index in [1.807, 2.05) is 13.8 Å². The van der Waals surface area contributed by atoms with Crippen molar-refractivity contribution in [2.75, 3.05) is 25.1 Å². The van der Waals surface area contributed by atoms with Crippen molar-refractivity contribution in [3.8, 4) is 17.6 Å². The molecule has 1 aliphatic heterocycles. The number of likely N-dealkylation sites (N-methyl/N-ethyl adjacent to an activating group) is 1. The molecule has 0 saturated heterocycles. The summed E-state index contributed by atoms with van der Waals surface area (Å²) in [7, 11) is 1.57. The van der Waals surface area contributed by atoms with Crippen molar-refractivity contribution in [1.82, 2.24) is 20.4 Å². The highest BCUT2D eigenvalue weighted by molar-refractivity contribution is 6.00. The van der Waals surface area contributed by atoms with Crippen LogP contribution in [0.3, 0.4) is 0 Å². The molecule has 4 rings (SSSR count). The van der Waals surface area contributed by atoms with Gasteiger partial charge in [0.05, 0.1) is 11.9 Å². The minimum atomic E-state index is -1.02. The molecule has 44 heavy (non-hydrogen) atoms. The van der Waals surface area contributed by atoms with Crippen LogP contribution >= 0.6 is 0 Å². The number of ether oxygens (including phenoxy) is 2. The summed E-state index contributed by atoms with van der Waals surface area (Å²) in [6.45, 7) is 9.28. The average Bonchev–Trinajstić information content (AvgIpc) is 3.38. The predicted molar refractivity (Wildman–Crippen MR) is 159 cm³/mol. The van der Waals surface area contributed by atoms with E-state index in [1.54, 1.807) is 46.0 Å². The van der Waals surface area contributed by atoms with Crippen LogP contribution in [-0.4, -0.2) is 59.7 Å². The van der Waals surface area contributed by atoms with E-state index in [4.69, 9.17) is 9.47 Å². The SMILES string of the molecule is CN1C(=O)[C@H](NC(=O)n2cc(Cc3ccc(F)cc3F)cn2)COc2ccc(C#CC(C)(C)CNC(=O)OC(C)(C)C)cc21. The molecular weight excluding hydrogens is 572 g/mol. The van der Waals surface area contributed by atoms with Crippen molar-refractivity contribution < 1.29 is 32.6 Å². The zero-order valence-electron chi connectivity index (χ0n) is 25.5. The Morgan fingerprint density at radius 3 is 2.59 bits per heavy atom. The van der Waals surface area contributed by atoms with Crippen LogP contribution in [-0.2, 0) is 16.0 Å². The zero-order chi connectivity index (χ0) is 32.2. The van der Waals surface area contributed by atoms with E-state index in [0.29, 0.717) is 22.6 Å². The number of aromatic nitrogens is 2. The van der Waals surface area contributed by atoms with Gasteiger partial charge in [0.2, 0.25) is 0 Å². The zero-order valence-corrected chi connectivity index (χ0v) is 25.5. The molecule has 0 unspecified atom stereocenters.